The van der Waals surface area contributed by atoms with Gasteiger partial charge in [0.05, 0.1) is 21.9 Å². The van der Waals surface area contributed by atoms with Crippen LogP contribution < -0.4 is 11.1 Å². The predicted molar refractivity (Wildman–Crippen MR) is 102 cm³/mol. The first-order valence-corrected chi connectivity index (χ1v) is 8.55. The van der Waals surface area contributed by atoms with Crippen LogP contribution in [0.2, 0.25) is 5.02 Å². The molecule has 4 N–H and O–H groups in total. The molecule has 0 spiro atoms. The van der Waals surface area contributed by atoms with E-state index in [1.165, 1.54) is 28.9 Å². The number of nitrogens with one attached hydrogen (secondary N) is 1. The van der Waals surface area contributed by atoms with E-state index >= 15 is 0 Å². The van der Waals surface area contributed by atoms with Crippen molar-refractivity contribution in [2.45, 2.75) is 12.5 Å². The first-order chi connectivity index (χ1) is 13.2. The lowest BCUT2D eigenvalue weighted by atomic mass is 9.87. The molecule has 142 valence electrons. The summed E-state index contributed by atoms with van der Waals surface area (Å²) in [6.07, 6.45) is 0. The number of amides is 1. The maximum Gasteiger partial charge on any atom is 0.271 e. The average Bonchev–Trinajstić information content (AvgIpc) is 3.09. The molecule has 1 aliphatic heterocycles. The van der Waals surface area contributed by atoms with Crippen molar-refractivity contribution in [3.8, 4) is 5.69 Å². The number of nitro benzene ring substituents is 1. The first kappa shape index (κ1) is 18.0. The highest BCUT2D eigenvalue weighted by atomic mass is 35.5. The Kier molecular flexibility index (Phi) is 3.88. The minimum Gasteiger partial charge on any atom is -0.383 e. The number of hydrogen-bond acceptors (Lipinski definition) is 6. The Bertz CT molecular complexity index is 1160. The Morgan fingerprint density at radius 1 is 1.32 bits per heavy atom. The number of rotatable bonds is 3. The lowest BCUT2D eigenvalue weighted by Gasteiger charge is -2.21. The van der Waals surface area contributed by atoms with Crippen molar-refractivity contribution < 1.29 is 14.8 Å². The van der Waals surface area contributed by atoms with E-state index in [1.807, 2.05) is 0 Å². The van der Waals surface area contributed by atoms with Crippen LogP contribution in [-0.2, 0) is 10.4 Å². The van der Waals surface area contributed by atoms with E-state index in [9.17, 15) is 20.0 Å². The largest absolute Gasteiger partial charge is 0.383 e. The molecule has 4 rings (SSSR count). The van der Waals surface area contributed by atoms with Crippen LogP contribution in [0.3, 0.4) is 0 Å². The molecule has 1 amide bonds. The molecule has 0 saturated carbocycles. The standard InChI is InChI=1S/C18H14ClN5O4/c1-9-15(18(26)13-7-10(19)5-6-14(13)21-17(18)25)16(20)23(22-9)11-3-2-4-12(8-11)24(27)28/h2-8,26H,20H2,1H3,(H,21,25)/t18-/m0/s1. The number of aromatic nitrogens is 2. The van der Waals surface area contributed by atoms with Gasteiger partial charge in [-0.05, 0) is 31.2 Å². The van der Waals surface area contributed by atoms with Crippen LogP contribution in [0.25, 0.3) is 5.69 Å². The number of hydrogen-bond donors (Lipinski definition) is 3. The van der Waals surface area contributed by atoms with Crippen LogP contribution in [0.15, 0.2) is 42.5 Å². The van der Waals surface area contributed by atoms with Crippen molar-refractivity contribution in [1.29, 1.82) is 0 Å². The molecule has 1 atom stereocenters. The van der Waals surface area contributed by atoms with Crippen LogP contribution in [-0.4, -0.2) is 25.7 Å². The molecular weight excluding hydrogens is 386 g/mol. The predicted octanol–water partition coefficient (Wildman–Crippen LogP) is 2.51. The van der Waals surface area contributed by atoms with Gasteiger partial charge in [0.1, 0.15) is 5.82 Å². The van der Waals surface area contributed by atoms with Gasteiger partial charge < -0.3 is 16.2 Å². The molecule has 2 heterocycles. The number of aryl methyl sites for hydroxylation is 1. The number of carbonyl (C=O) groups is 1. The Morgan fingerprint density at radius 2 is 2.07 bits per heavy atom. The number of benzene rings is 2. The lowest BCUT2D eigenvalue weighted by Crippen LogP contribution is -2.36. The SMILES string of the molecule is Cc1nn(-c2cccc([N+](=O)[O-])c2)c(N)c1[C@]1(O)C(=O)Nc2ccc(Cl)cc21. The van der Waals surface area contributed by atoms with E-state index in [2.05, 4.69) is 10.4 Å². The first-order valence-electron chi connectivity index (χ1n) is 8.17. The summed E-state index contributed by atoms with van der Waals surface area (Å²) in [6, 6.07) is 10.4. The van der Waals surface area contributed by atoms with Crippen molar-refractivity contribution in [2.24, 2.45) is 0 Å². The van der Waals surface area contributed by atoms with Crippen LogP contribution in [0.4, 0.5) is 17.2 Å². The summed E-state index contributed by atoms with van der Waals surface area (Å²) in [7, 11) is 0. The van der Waals surface area contributed by atoms with Gasteiger partial charge >= 0.3 is 0 Å². The second kappa shape index (κ2) is 6.04. The summed E-state index contributed by atoms with van der Waals surface area (Å²) in [5.74, 6) is -0.693. The number of nitro groups is 1. The van der Waals surface area contributed by atoms with Crippen molar-refractivity contribution in [3.63, 3.8) is 0 Å². The second-order valence-electron chi connectivity index (χ2n) is 6.39. The van der Waals surface area contributed by atoms with Crippen molar-refractivity contribution in [3.05, 3.63) is 74.4 Å². The molecule has 0 aliphatic carbocycles. The third kappa shape index (κ3) is 2.44. The van der Waals surface area contributed by atoms with Crippen molar-refractivity contribution in [1.82, 2.24) is 9.78 Å². The molecule has 0 fully saturated rings. The van der Waals surface area contributed by atoms with Gasteiger partial charge in [0.15, 0.2) is 0 Å². The van der Waals surface area contributed by atoms with E-state index in [-0.39, 0.29) is 22.6 Å². The molecule has 3 aromatic rings. The van der Waals surface area contributed by atoms with Crippen LogP contribution in [0.5, 0.6) is 0 Å². The smallest absolute Gasteiger partial charge is 0.271 e. The maximum atomic E-state index is 12.7. The third-order valence-corrected chi connectivity index (χ3v) is 4.93. The topological polar surface area (TPSA) is 136 Å². The van der Waals surface area contributed by atoms with Crippen molar-refractivity contribution in [2.75, 3.05) is 11.1 Å². The number of fused-ring (bicyclic) bond motifs is 1. The summed E-state index contributed by atoms with van der Waals surface area (Å²) >= 11 is 6.05. The fraction of sp³-hybridized carbons (Fsp3) is 0.111. The van der Waals surface area contributed by atoms with E-state index in [0.717, 1.165) is 0 Å². The molecule has 1 aliphatic rings. The van der Waals surface area contributed by atoms with Gasteiger partial charge in [0.2, 0.25) is 5.60 Å². The Hall–Kier alpha value is -3.43. The Labute approximate surface area is 163 Å². The fourth-order valence-electron chi connectivity index (χ4n) is 3.44. The zero-order valence-electron chi connectivity index (χ0n) is 14.5. The van der Waals surface area contributed by atoms with Gasteiger partial charge in [-0.25, -0.2) is 4.68 Å². The van der Waals surface area contributed by atoms with Gasteiger partial charge in [-0.15, -0.1) is 0 Å². The number of halogens is 1. The van der Waals surface area contributed by atoms with Crippen LogP contribution in [0, 0.1) is 17.0 Å². The Morgan fingerprint density at radius 3 is 2.79 bits per heavy atom. The minimum atomic E-state index is -2.09. The molecule has 9 nitrogen and oxygen atoms in total. The van der Waals surface area contributed by atoms with Crippen LogP contribution in [0.1, 0.15) is 16.8 Å². The molecule has 0 saturated heterocycles. The van der Waals surface area contributed by atoms with Gasteiger partial charge in [-0.3, -0.25) is 14.9 Å². The fourth-order valence-corrected chi connectivity index (χ4v) is 3.61. The summed E-state index contributed by atoms with van der Waals surface area (Å²) in [6.45, 7) is 1.59. The average molecular weight is 400 g/mol. The molecule has 1 aromatic heterocycles. The van der Waals surface area contributed by atoms with Crippen molar-refractivity contribution >= 4 is 34.7 Å². The van der Waals surface area contributed by atoms with Gasteiger partial charge in [-0.1, -0.05) is 17.7 Å². The highest BCUT2D eigenvalue weighted by Gasteiger charge is 2.50. The van der Waals surface area contributed by atoms with E-state index < -0.39 is 16.4 Å². The van der Waals surface area contributed by atoms with Crippen LogP contribution >= 0.6 is 11.6 Å². The van der Waals surface area contributed by atoms with E-state index in [4.69, 9.17) is 17.3 Å². The summed E-state index contributed by atoms with van der Waals surface area (Å²) in [5, 5.41) is 29.7. The third-order valence-electron chi connectivity index (χ3n) is 4.69. The highest BCUT2D eigenvalue weighted by Crippen LogP contribution is 2.45. The summed E-state index contributed by atoms with van der Waals surface area (Å²) in [4.78, 5) is 23.2. The lowest BCUT2D eigenvalue weighted by molar-refractivity contribution is -0.384. The molecule has 10 heteroatoms. The second-order valence-corrected chi connectivity index (χ2v) is 6.83. The van der Waals surface area contributed by atoms with E-state index in [0.29, 0.717) is 22.1 Å². The number of aliphatic hydroxyl groups is 1. The minimum absolute atomic E-state index is 0.0107. The number of nitrogens with zero attached hydrogens (tertiary/aromatic N) is 3. The molecule has 0 unspecified atom stereocenters. The summed E-state index contributed by atoms with van der Waals surface area (Å²) in [5.41, 5.74) is 5.42. The van der Waals surface area contributed by atoms with Gasteiger partial charge in [0, 0.05) is 28.4 Å². The summed E-state index contributed by atoms with van der Waals surface area (Å²) < 4.78 is 1.26. The monoisotopic (exact) mass is 399 g/mol. The number of carbonyl (C=O) groups excluding carboxylic acids is 1. The molecular formula is C18H14ClN5O4. The molecule has 2 aromatic carbocycles. The number of nitrogen functional groups attached to an aromatic ring is 1. The molecule has 28 heavy (non-hydrogen) atoms. The number of anilines is 2. The molecule has 0 radical (unpaired) electrons. The molecule has 0 bridgehead atoms. The Balaban J connectivity index is 1.92. The number of nitrogens with two attached hydrogens (primary N) is 1. The highest BCUT2D eigenvalue weighted by molar-refractivity contribution is 6.31. The zero-order chi connectivity index (χ0) is 20.2. The zero-order valence-corrected chi connectivity index (χ0v) is 15.3. The normalized spacial score (nSPS) is 18.0. The van der Waals surface area contributed by atoms with Gasteiger partial charge in [0.25, 0.3) is 11.6 Å². The van der Waals surface area contributed by atoms with Gasteiger partial charge in [-0.2, -0.15) is 5.10 Å². The quantitative estimate of drug-likeness (QED) is 0.457. The maximum absolute atomic E-state index is 12.7. The van der Waals surface area contributed by atoms with E-state index in [1.54, 1.807) is 25.1 Å². The number of non-ortho nitro benzene ring substituents is 1.